The van der Waals surface area contributed by atoms with Crippen molar-refractivity contribution in [2.45, 2.75) is 13.3 Å². The van der Waals surface area contributed by atoms with E-state index in [2.05, 4.69) is 5.32 Å². The standard InChI is InChI=1S/C14H19N3O4/c1-10(18)17(12-6-4-11(15)5-7-12)14(20)13(19)16-8-3-9-21-2/h4-7H,3,8-9,15H2,1-2H3,(H,16,19). The third-order valence-electron chi connectivity index (χ3n) is 2.67. The number of amides is 3. The Morgan fingerprint density at radius 1 is 1.24 bits per heavy atom. The first-order valence-corrected chi connectivity index (χ1v) is 6.44. The number of nitrogen functional groups attached to an aromatic ring is 1. The van der Waals surface area contributed by atoms with Gasteiger partial charge in [0.05, 0.1) is 5.69 Å². The maximum Gasteiger partial charge on any atom is 0.323 e. The Labute approximate surface area is 123 Å². The van der Waals surface area contributed by atoms with Crippen molar-refractivity contribution >= 4 is 29.1 Å². The zero-order chi connectivity index (χ0) is 15.8. The Balaban J connectivity index is 2.76. The van der Waals surface area contributed by atoms with Crippen molar-refractivity contribution in [2.75, 3.05) is 30.9 Å². The summed E-state index contributed by atoms with van der Waals surface area (Å²) in [7, 11) is 1.55. The predicted molar refractivity (Wildman–Crippen MR) is 78.5 cm³/mol. The van der Waals surface area contributed by atoms with E-state index in [4.69, 9.17) is 10.5 Å². The number of nitrogens with two attached hydrogens (primary N) is 1. The second kappa shape index (κ2) is 8.01. The van der Waals surface area contributed by atoms with Crippen LogP contribution in [0, 0.1) is 0 Å². The van der Waals surface area contributed by atoms with Gasteiger partial charge in [0.2, 0.25) is 5.91 Å². The van der Waals surface area contributed by atoms with Gasteiger partial charge in [0, 0.05) is 32.9 Å². The normalized spacial score (nSPS) is 10.0. The minimum Gasteiger partial charge on any atom is -0.399 e. The largest absolute Gasteiger partial charge is 0.399 e. The molecule has 114 valence electrons. The van der Waals surface area contributed by atoms with E-state index in [1.165, 1.54) is 19.1 Å². The smallest absolute Gasteiger partial charge is 0.323 e. The van der Waals surface area contributed by atoms with Gasteiger partial charge in [-0.2, -0.15) is 0 Å². The zero-order valence-electron chi connectivity index (χ0n) is 12.1. The highest BCUT2D eigenvalue weighted by Crippen LogP contribution is 2.16. The van der Waals surface area contributed by atoms with Gasteiger partial charge >= 0.3 is 11.8 Å². The fourth-order valence-corrected chi connectivity index (χ4v) is 1.66. The molecule has 21 heavy (non-hydrogen) atoms. The molecule has 0 aliphatic rings. The van der Waals surface area contributed by atoms with E-state index in [1.54, 1.807) is 19.2 Å². The van der Waals surface area contributed by atoms with Crippen LogP contribution in [0.1, 0.15) is 13.3 Å². The Morgan fingerprint density at radius 3 is 2.38 bits per heavy atom. The number of rotatable bonds is 5. The monoisotopic (exact) mass is 293 g/mol. The van der Waals surface area contributed by atoms with Crippen molar-refractivity contribution in [2.24, 2.45) is 0 Å². The van der Waals surface area contributed by atoms with Crippen LogP contribution in [0.25, 0.3) is 0 Å². The van der Waals surface area contributed by atoms with E-state index in [-0.39, 0.29) is 0 Å². The average molecular weight is 293 g/mol. The second-order valence-corrected chi connectivity index (χ2v) is 4.35. The van der Waals surface area contributed by atoms with Crippen molar-refractivity contribution in [1.29, 1.82) is 0 Å². The van der Waals surface area contributed by atoms with Gasteiger partial charge < -0.3 is 15.8 Å². The summed E-state index contributed by atoms with van der Waals surface area (Å²) in [4.78, 5) is 36.3. The Bertz CT molecular complexity index is 513. The van der Waals surface area contributed by atoms with Gasteiger partial charge in [0.25, 0.3) is 0 Å². The van der Waals surface area contributed by atoms with E-state index in [9.17, 15) is 14.4 Å². The molecule has 0 fully saturated rings. The molecule has 0 radical (unpaired) electrons. The molecule has 0 bridgehead atoms. The van der Waals surface area contributed by atoms with Crippen LogP contribution in [0.4, 0.5) is 11.4 Å². The lowest BCUT2D eigenvalue weighted by Gasteiger charge is -2.18. The van der Waals surface area contributed by atoms with Gasteiger partial charge in [-0.3, -0.25) is 14.4 Å². The molecule has 1 aromatic rings. The maximum atomic E-state index is 12.1. The van der Waals surface area contributed by atoms with Crippen molar-refractivity contribution in [3.63, 3.8) is 0 Å². The van der Waals surface area contributed by atoms with Gasteiger partial charge in [0.1, 0.15) is 0 Å². The van der Waals surface area contributed by atoms with Crippen LogP contribution in [0.5, 0.6) is 0 Å². The summed E-state index contributed by atoms with van der Waals surface area (Å²) in [5.74, 6) is -2.31. The number of nitrogens with one attached hydrogen (secondary N) is 1. The molecule has 0 aliphatic heterocycles. The summed E-state index contributed by atoms with van der Waals surface area (Å²) in [6, 6.07) is 6.11. The van der Waals surface area contributed by atoms with Crippen molar-refractivity contribution in [3.05, 3.63) is 24.3 Å². The lowest BCUT2D eigenvalue weighted by molar-refractivity contribution is -0.139. The Hall–Kier alpha value is -2.41. The topological polar surface area (TPSA) is 102 Å². The molecule has 1 rings (SSSR count). The first-order chi connectivity index (χ1) is 9.97. The third kappa shape index (κ3) is 4.88. The fourth-order valence-electron chi connectivity index (χ4n) is 1.66. The number of methoxy groups -OCH3 is 1. The van der Waals surface area contributed by atoms with E-state index in [0.717, 1.165) is 4.90 Å². The van der Waals surface area contributed by atoms with Crippen LogP contribution in [0.15, 0.2) is 24.3 Å². The number of imide groups is 1. The maximum absolute atomic E-state index is 12.1. The zero-order valence-corrected chi connectivity index (χ0v) is 12.1. The van der Waals surface area contributed by atoms with E-state index in [0.29, 0.717) is 30.9 Å². The molecule has 0 saturated heterocycles. The molecule has 7 nitrogen and oxygen atoms in total. The summed E-state index contributed by atoms with van der Waals surface area (Å²) in [5, 5.41) is 2.45. The van der Waals surface area contributed by atoms with E-state index in [1.807, 2.05) is 0 Å². The minimum absolute atomic E-state index is 0.298. The number of hydrogen-bond acceptors (Lipinski definition) is 5. The molecule has 0 saturated carbocycles. The number of carbonyl (C=O) groups is 3. The first-order valence-electron chi connectivity index (χ1n) is 6.44. The summed E-state index contributed by atoms with van der Waals surface area (Å²) >= 11 is 0. The summed E-state index contributed by atoms with van der Waals surface area (Å²) in [6.45, 7) is 1.99. The van der Waals surface area contributed by atoms with Crippen LogP contribution in [-0.2, 0) is 19.1 Å². The predicted octanol–water partition coefficient (Wildman–Crippen LogP) is 0.301. The van der Waals surface area contributed by atoms with Gasteiger partial charge in [-0.25, -0.2) is 4.90 Å². The van der Waals surface area contributed by atoms with Crippen LogP contribution in [0.3, 0.4) is 0 Å². The Morgan fingerprint density at radius 2 is 1.86 bits per heavy atom. The van der Waals surface area contributed by atoms with Gasteiger partial charge in [-0.15, -0.1) is 0 Å². The van der Waals surface area contributed by atoms with Crippen LogP contribution >= 0.6 is 0 Å². The van der Waals surface area contributed by atoms with E-state index >= 15 is 0 Å². The van der Waals surface area contributed by atoms with Gasteiger partial charge in [0.15, 0.2) is 0 Å². The van der Waals surface area contributed by atoms with Crippen molar-refractivity contribution in [3.8, 4) is 0 Å². The lowest BCUT2D eigenvalue weighted by atomic mass is 10.2. The third-order valence-corrected chi connectivity index (χ3v) is 2.67. The molecule has 1 aromatic carbocycles. The molecule has 0 heterocycles. The summed E-state index contributed by atoms with van der Waals surface area (Å²) in [6.07, 6.45) is 0.581. The second-order valence-electron chi connectivity index (χ2n) is 4.35. The van der Waals surface area contributed by atoms with Gasteiger partial charge in [-0.1, -0.05) is 0 Å². The number of hydrogen-bond donors (Lipinski definition) is 2. The summed E-state index contributed by atoms with van der Waals surface area (Å²) in [5.41, 5.74) is 6.35. The number of nitrogens with zero attached hydrogens (tertiary/aromatic N) is 1. The molecular weight excluding hydrogens is 274 g/mol. The Kier molecular flexibility index (Phi) is 6.35. The molecule has 3 N–H and O–H groups in total. The highest BCUT2D eigenvalue weighted by molar-refractivity contribution is 6.45. The van der Waals surface area contributed by atoms with Gasteiger partial charge in [-0.05, 0) is 30.7 Å². The van der Waals surface area contributed by atoms with Crippen LogP contribution in [-0.4, -0.2) is 38.0 Å². The molecule has 7 heteroatoms. The fraction of sp³-hybridized carbons (Fsp3) is 0.357. The SMILES string of the molecule is COCCCNC(=O)C(=O)N(C(C)=O)c1ccc(N)cc1. The average Bonchev–Trinajstić information content (AvgIpc) is 2.45. The summed E-state index contributed by atoms with van der Waals surface area (Å²) < 4.78 is 4.84. The first kappa shape index (κ1) is 16.6. The van der Waals surface area contributed by atoms with Crippen LogP contribution in [0.2, 0.25) is 0 Å². The van der Waals surface area contributed by atoms with E-state index < -0.39 is 17.7 Å². The molecule has 3 amide bonds. The molecule has 0 atom stereocenters. The van der Waals surface area contributed by atoms with Crippen molar-refractivity contribution < 1.29 is 19.1 Å². The highest BCUT2D eigenvalue weighted by atomic mass is 16.5. The molecule has 0 unspecified atom stereocenters. The molecule has 0 aromatic heterocycles. The van der Waals surface area contributed by atoms with Crippen LogP contribution < -0.4 is 16.0 Å². The molecule has 0 aliphatic carbocycles. The molecular formula is C14H19N3O4. The highest BCUT2D eigenvalue weighted by Gasteiger charge is 2.26. The number of anilines is 2. The number of ether oxygens (including phenoxy) is 1. The van der Waals surface area contributed by atoms with Crippen molar-refractivity contribution in [1.82, 2.24) is 5.32 Å². The molecule has 0 spiro atoms. The quantitative estimate of drug-likeness (QED) is 0.462. The lowest BCUT2D eigenvalue weighted by Crippen LogP contribution is -2.45. The number of benzene rings is 1. The minimum atomic E-state index is -0.926. The number of carbonyl (C=O) groups excluding carboxylic acids is 3.